The Balaban J connectivity index is 1.53. The number of carbonyl (C=O) groups is 1. The Morgan fingerprint density at radius 2 is 1.67 bits per heavy atom. The number of aromatic nitrogens is 3. The number of hydrogen-bond donors (Lipinski definition) is 1. The third-order valence-corrected chi connectivity index (χ3v) is 4.32. The molecule has 0 aliphatic carbocycles. The second kappa shape index (κ2) is 7.29. The van der Waals surface area contributed by atoms with Crippen LogP contribution < -0.4 is 10.9 Å². The van der Waals surface area contributed by atoms with Gasteiger partial charge >= 0.3 is 0 Å². The van der Waals surface area contributed by atoms with Gasteiger partial charge in [0.05, 0.1) is 5.69 Å². The molecule has 0 fully saturated rings. The lowest BCUT2D eigenvalue weighted by Crippen LogP contribution is -2.32. The summed E-state index contributed by atoms with van der Waals surface area (Å²) in [4.78, 5) is 24.9. The molecule has 4 rings (SSSR count). The lowest BCUT2D eigenvalue weighted by atomic mass is 10.1. The summed E-state index contributed by atoms with van der Waals surface area (Å²) in [5.74, 6) is -0.215. The summed E-state index contributed by atoms with van der Waals surface area (Å²) in [6.45, 7) is 0.398. The van der Waals surface area contributed by atoms with Crippen LogP contribution in [-0.4, -0.2) is 20.1 Å². The fourth-order valence-electron chi connectivity index (χ4n) is 2.91. The first-order valence-electron chi connectivity index (χ1n) is 8.65. The van der Waals surface area contributed by atoms with Crippen LogP contribution in [0.5, 0.6) is 0 Å². The second-order valence-electron chi connectivity index (χ2n) is 6.22. The minimum Gasteiger partial charge on any atom is -0.350 e. The summed E-state index contributed by atoms with van der Waals surface area (Å²) < 4.78 is 2.94. The van der Waals surface area contributed by atoms with E-state index in [9.17, 15) is 9.59 Å². The van der Waals surface area contributed by atoms with Crippen LogP contribution in [0.3, 0.4) is 0 Å². The highest BCUT2D eigenvalue weighted by Gasteiger charge is 2.11. The molecule has 6 heteroatoms. The Hall–Kier alpha value is -3.67. The van der Waals surface area contributed by atoms with Crippen molar-refractivity contribution in [1.29, 1.82) is 0 Å². The molecule has 0 saturated heterocycles. The normalized spacial score (nSPS) is 10.8. The number of carbonyl (C=O) groups excluding carboxylic acids is 1. The number of hydrogen-bond acceptors (Lipinski definition) is 3. The smallest absolute Gasteiger partial charge is 0.277 e. The predicted octanol–water partition coefficient (Wildman–Crippen LogP) is 2.48. The van der Waals surface area contributed by atoms with Gasteiger partial charge in [0.2, 0.25) is 5.91 Å². The molecule has 27 heavy (non-hydrogen) atoms. The average Bonchev–Trinajstić information content (AvgIpc) is 3.15. The SMILES string of the molecule is O=C(Cn1ccn2nc(-c3ccccc3)cc2c1=O)NCc1ccccc1. The van der Waals surface area contributed by atoms with Crippen molar-refractivity contribution in [2.45, 2.75) is 13.1 Å². The quantitative estimate of drug-likeness (QED) is 0.596. The van der Waals surface area contributed by atoms with Gasteiger partial charge < -0.3 is 9.88 Å². The van der Waals surface area contributed by atoms with Crippen molar-refractivity contribution in [2.75, 3.05) is 0 Å². The standard InChI is InChI=1S/C21H18N4O2/c26-20(22-14-16-7-3-1-4-8-16)15-24-11-12-25-19(21(24)27)13-18(23-25)17-9-5-2-6-10-17/h1-13H,14-15H2,(H,22,26). The fourth-order valence-corrected chi connectivity index (χ4v) is 2.91. The van der Waals surface area contributed by atoms with E-state index < -0.39 is 0 Å². The van der Waals surface area contributed by atoms with Gasteiger partial charge in [0.15, 0.2) is 0 Å². The third-order valence-electron chi connectivity index (χ3n) is 4.32. The molecule has 1 amide bonds. The average molecular weight is 358 g/mol. The third kappa shape index (κ3) is 3.64. The maximum atomic E-state index is 12.7. The summed E-state index contributed by atoms with van der Waals surface area (Å²) in [7, 11) is 0. The molecule has 0 spiro atoms. The molecular formula is C21H18N4O2. The number of benzene rings is 2. The van der Waals surface area contributed by atoms with Gasteiger partial charge in [0, 0.05) is 24.5 Å². The second-order valence-corrected chi connectivity index (χ2v) is 6.22. The molecule has 0 aliphatic rings. The number of rotatable bonds is 5. The van der Waals surface area contributed by atoms with Crippen LogP contribution in [0.4, 0.5) is 0 Å². The van der Waals surface area contributed by atoms with Crippen LogP contribution in [0.25, 0.3) is 16.8 Å². The summed E-state index contributed by atoms with van der Waals surface area (Å²) in [5, 5.41) is 7.28. The molecule has 2 aromatic heterocycles. The molecule has 134 valence electrons. The van der Waals surface area contributed by atoms with Gasteiger partial charge in [-0.3, -0.25) is 9.59 Å². The number of nitrogens with one attached hydrogen (secondary N) is 1. The maximum Gasteiger partial charge on any atom is 0.277 e. The van der Waals surface area contributed by atoms with Gasteiger partial charge in [0.1, 0.15) is 12.1 Å². The Bertz CT molecular complexity index is 1130. The van der Waals surface area contributed by atoms with Gasteiger partial charge in [-0.1, -0.05) is 60.7 Å². The van der Waals surface area contributed by atoms with E-state index >= 15 is 0 Å². The van der Waals surface area contributed by atoms with Crippen molar-refractivity contribution in [2.24, 2.45) is 0 Å². The van der Waals surface area contributed by atoms with E-state index in [-0.39, 0.29) is 18.0 Å². The Kier molecular flexibility index (Phi) is 4.53. The van der Waals surface area contributed by atoms with Crippen LogP contribution in [0.2, 0.25) is 0 Å². The van der Waals surface area contributed by atoms with Gasteiger partial charge in [-0.25, -0.2) is 4.52 Å². The first-order valence-corrected chi connectivity index (χ1v) is 8.65. The lowest BCUT2D eigenvalue weighted by molar-refractivity contribution is -0.121. The van der Waals surface area contributed by atoms with Crippen molar-refractivity contribution in [3.8, 4) is 11.3 Å². The fraction of sp³-hybridized carbons (Fsp3) is 0.0952. The molecule has 2 aromatic carbocycles. The van der Waals surface area contributed by atoms with Gasteiger partial charge in [-0.05, 0) is 11.6 Å². The molecule has 0 radical (unpaired) electrons. The van der Waals surface area contributed by atoms with Crippen molar-refractivity contribution in [3.05, 3.63) is 95.0 Å². The molecule has 0 atom stereocenters. The van der Waals surface area contributed by atoms with E-state index in [1.54, 1.807) is 23.0 Å². The topological polar surface area (TPSA) is 68.4 Å². The van der Waals surface area contributed by atoms with Crippen molar-refractivity contribution >= 4 is 11.4 Å². The molecular weight excluding hydrogens is 340 g/mol. The molecule has 0 unspecified atom stereocenters. The summed E-state index contributed by atoms with van der Waals surface area (Å²) in [6.07, 6.45) is 3.27. The highest BCUT2D eigenvalue weighted by atomic mass is 16.2. The van der Waals surface area contributed by atoms with Crippen LogP contribution in [-0.2, 0) is 17.9 Å². The van der Waals surface area contributed by atoms with Crippen molar-refractivity contribution < 1.29 is 4.79 Å². The molecule has 0 saturated carbocycles. The van der Waals surface area contributed by atoms with Crippen LogP contribution in [0.1, 0.15) is 5.56 Å². The minimum absolute atomic E-state index is 0.0337. The van der Waals surface area contributed by atoms with E-state index in [4.69, 9.17) is 0 Å². The van der Waals surface area contributed by atoms with Crippen LogP contribution >= 0.6 is 0 Å². The zero-order valence-electron chi connectivity index (χ0n) is 14.6. The Morgan fingerprint density at radius 3 is 2.41 bits per heavy atom. The Labute approximate surface area is 155 Å². The first-order chi connectivity index (χ1) is 13.2. The van der Waals surface area contributed by atoms with E-state index in [0.717, 1.165) is 16.8 Å². The summed E-state index contributed by atoms with van der Waals surface area (Å²) >= 11 is 0. The zero-order chi connectivity index (χ0) is 18.6. The summed E-state index contributed by atoms with van der Waals surface area (Å²) in [5.41, 5.74) is 2.86. The molecule has 1 N–H and O–H groups in total. The van der Waals surface area contributed by atoms with Crippen LogP contribution in [0.15, 0.2) is 83.9 Å². The number of fused-ring (bicyclic) bond motifs is 1. The largest absolute Gasteiger partial charge is 0.350 e. The molecule has 2 heterocycles. The molecule has 0 aliphatic heterocycles. The van der Waals surface area contributed by atoms with E-state index in [2.05, 4.69) is 10.4 Å². The first kappa shape index (κ1) is 16.8. The van der Waals surface area contributed by atoms with Crippen molar-refractivity contribution in [3.63, 3.8) is 0 Å². The van der Waals surface area contributed by atoms with E-state index in [1.807, 2.05) is 60.7 Å². The maximum absolute atomic E-state index is 12.7. The van der Waals surface area contributed by atoms with Gasteiger partial charge in [-0.2, -0.15) is 5.10 Å². The number of amides is 1. The van der Waals surface area contributed by atoms with Gasteiger partial charge in [-0.15, -0.1) is 0 Å². The highest BCUT2D eigenvalue weighted by molar-refractivity contribution is 5.76. The molecule has 0 bridgehead atoms. The van der Waals surface area contributed by atoms with E-state index in [0.29, 0.717) is 12.1 Å². The highest BCUT2D eigenvalue weighted by Crippen LogP contribution is 2.17. The summed E-state index contributed by atoms with van der Waals surface area (Å²) in [6, 6.07) is 21.1. The predicted molar refractivity (Wildman–Crippen MR) is 103 cm³/mol. The lowest BCUT2D eigenvalue weighted by Gasteiger charge is -2.07. The van der Waals surface area contributed by atoms with Gasteiger partial charge in [0.25, 0.3) is 5.56 Å². The molecule has 4 aromatic rings. The minimum atomic E-state index is -0.248. The Morgan fingerprint density at radius 1 is 0.963 bits per heavy atom. The molecule has 6 nitrogen and oxygen atoms in total. The zero-order valence-corrected chi connectivity index (χ0v) is 14.6. The van der Waals surface area contributed by atoms with E-state index in [1.165, 1.54) is 4.57 Å². The monoisotopic (exact) mass is 358 g/mol. The van der Waals surface area contributed by atoms with Crippen molar-refractivity contribution in [1.82, 2.24) is 19.5 Å². The van der Waals surface area contributed by atoms with Crippen LogP contribution in [0, 0.1) is 0 Å². The number of nitrogens with zero attached hydrogens (tertiary/aromatic N) is 3.